The lowest BCUT2D eigenvalue weighted by molar-refractivity contribution is 0.168. The number of aliphatic hydroxyl groups is 1. The van der Waals surface area contributed by atoms with Crippen molar-refractivity contribution in [3.8, 4) is 0 Å². The highest BCUT2D eigenvalue weighted by molar-refractivity contribution is 4.49. The van der Waals surface area contributed by atoms with E-state index in [1.54, 1.807) is 0 Å². The van der Waals surface area contributed by atoms with Crippen LogP contribution in [0.2, 0.25) is 0 Å². The Kier molecular flexibility index (Phi) is 6.57. The SMILES string of the molecule is CC(C)CCCCC[C@@H](N)O. The summed E-state index contributed by atoms with van der Waals surface area (Å²) >= 11 is 0. The van der Waals surface area contributed by atoms with E-state index in [2.05, 4.69) is 13.8 Å². The Hall–Kier alpha value is -0.0800. The van der Waals surface area contributed by atoms with Gasteiger partial charge in [0.05, 0.1) is 0 Å². The molecule has 0 unspecified atom stereocenters. The van der Waals surface area contributed by atoms with Crippen LogP contribution in [0.5, 0.6) is 0 Å². The summed E-state index contributed by atoms with van der Waals surface area (Å²) in [5.41, 5.74) is 5.19. The minimum Gasteiger partial charge on any atom is -0.379 e. The topological polar surface area (TPSA) is 46.2 Å². The highest BCUT2D eigenvalue weighted by atomic mass is 16.3. The molecule has 68 valence electrons. The van der Waals surface area contributed by atoms with Gasteiger partial charge in [0.15, 0.2) is 0 Å². The Bertz CT molecular complexity index is 71.6. The summed E-state index contributed by atoms with van der Waals surface area (Å²) in [7, 11) is 0. The van der Waals surface area contributed by atoms with E-state index in [1.165, 1.54) is 19.3 Å². The smallest absolute Gasteiger partial charge is 0.102 e. The van der Waals surface area contributed by atoms with E-state index in [4.69, 9.17) is 10.8 Å². The van der Waals surface area contributed by atoms with Crippen LogP contribution in [-0.2, 0) is 0 Å². The fourth-order valence-corrected chi connectivity index (χ4v) is 1.08. The fourth-order valence-electron chi connectivity index (χ4n) is 1.08. The molecule has 0 aromatic carbocycles. The van der Waals surface area contributed by atoms with Crippen LogP contribution in [0.15, 0.2) is 0 Å². The Morgan fingerprint density at radius 3 is 2.09 bits per heavy atom. The molecular weight excluding hydrogens is 138 g/mol. The van der Waals surface area contributed by atoms with Crippen LogP contribution >= 0.6 is 0 Å². The molecule has 0 aliphatic heterocycles. The summed E-state index contributed by atoms with van der Waals surface area (Å²) in [5.74, 6) is 0.804. The van der Waals surface area contributed by atoms with E-state index < -0.39 is 6.23 Å². The summed E-state index contributed by atoms with van der Waals surface area (Å²) in [5, 5.41) is 8.74. The second-order valence-corrected chi connectivity index (χ2v) is 3.60. The molecular formula is C9H21NO. The Labute approximate surface area is 69.8 Å². The van der Waals surface area contributed by atoms with E-state index in [-0.39, 0.29) is 0 Å². The second-order valence-electron chi connectivity index (χ2n) is 3.60. The second kappa shape index (κ2) is 6.62. The quantitative estimate of drug-likeness (QED) is 0.459. The third kappa shape index (κ3) is 9.92. The van der Waals surface area contributed by atoms with Gasteiger partial charge in [-0.05, 0) is 18.8 Å². The van der Waals surface area contributed by atoms with Gasteiger partial charge < -0.3 is 10.8 Å². The van der Waals surface area contributed by atoms with Crippen LogP contribution in [0.4, 0.5) is 0 Å². The Morgan fingerprint density at radius 2 is 1.64 bits per heavy atom. The lowest BCUT2D eigenvalue weighted by atomic mass is 10.0. The van der Waals surface area contributed by atoms with Crippen molar-refractivity contribution >= 4 is 0 Å². The molecule has 0 rings (SSSR count). The van der Waals surface area contributed by atoms with Gasteiger partial charge >= 0.3 is 0 Å². The maximum absolute atomic E-state index is 8.74. The Morgan fingerprint density at radius 1 is 1.09 bits per heavy atom. The number of hydrogen-bond acceptors (Lipinski definition) is 2. The van der Waals surface area contributed by atoms with E-state index in [0.29, 0.717) is 0 Å². The molecule has 0 aromatic heterocycles. The first kappa shape index (κ1) is 10.9. The van der Waals surface area contributed by atoms with Gasteiger partial charge in [0.2, 0.25) is 0 Å². The molecule has 3 N–H and O–H groups in total. The van der Waals surface area contributed by atoms with Crippen molar-refractivity contribution in [3.05, 3.63) is 0 Å². The van der Waals surface area contributed by atoms with Gasteiger partial charge in [-0.15, -0.1) is 0 Å². The van der Waals surface area contributed by atoms with Gasteiger partial charge in [0.1, 0.15) is 6.23 Å². The third-order valence-electron chi connectivity index (χ3n) is 1.78. The van der Waals surface area contributed by atoms with Gasteiger partial charge in [-0.1, -0.05) is 33.1 Å². The molecule has 0 fully saturated rings. The van der Waals surface area contributed by atoms with E-state index in [0.717, 1.165) is 18.8 Å². The zero-order valence-corrected chi connectivity index (χ0v) is 7.71. The predicted octanol–water partition coefficient (Wildman–Crippen LogP) is 1.87. The molecule has 0 radical (unpaired) electrons. The molecule has 2 nitrogen and oxygen atoms in total. The molecule has 0 bridgehead atoms. The number of hydrogen-bond donors (Lipinski definition) is 2. The molecule has 0 aromatic rings. The highest BCUT2D eigenvalue weighted by Crippen LogP contribution is 2.09. The van der Waals surface area contributed by atoms with E-state index in [9.17, 15) is 0 Å². The van der Waals surface area contributed by atoms with Gasteiger partial charge in [-0.2, -0.15) is 0 Å². The summed E-state index contributed by atoms with van der Waals surface area (Å²) in [6, 6.07) is 0. The summed E-state index contributed by atoms with van der Waals surface area (Å²) < 4.78 is 0. The van der Waals surface area contributed by atoms with Gasteiger partial charge in [0.25, 0.3) is 0 Å². The maximum Gasteiger partial charge on any atom is 0.102 e. The number of rotatable bonds is 6. The molecule has 1 atom stereocenters. The first-order valence-corrected chi connectivity index (χ1v) is 4.56. The van der Waals surface area contributed by atoms with Crippen molar-refractivity contribution in [1.82, 2.24) is 0 Å². The molecule has 2 heteroatoms. The first-order chi connectivity index (χ1) is 5.13. The van der Waals surface area contributed by atoms with Gasteiger partial charge in [-0.3, -0.25) is 0 Å². The lowest BCUT2D eigenvalue weighted by Crippen LogP contribution is -2.17. The van der Waals surface area contributed by atoms with Crippen molar-refractivity contribution in [1.29, 1.82) is 0 Å². The number of unbranched alkanes of at least 4 members (excludes halogenated alkanes) is 2. The average Bonchev–Trinajstić information content (AvgIpc) is 1.85. The molecule has 0 spiro atoms. The van der Waals surface area contributed by atoms with Crippen LogP contribution in [-0.4, -0.2) is 11.3 Å². The molecule has 0 aliphatic carbocycles. The lowest BCUT2D eigenvalue weighted by Gasteiger charge is -2.05. The zero-order chi connectivity index (χ0) is 8.69. The normalized spacial score (nSPS) is 13.9. The van der Waals surface area contributed by atoms with Crippen molar-refractivity contribution in [2.45, 2.75) is 52.2 Å². The molecule has 0 saturated heterocycles. The van der Waals surface area contributed by atoms with Gasteiger partial charge in [0, 0.05) is 0 Å². The minimum atomic E-state index is -0.603. The maximum atomic E-state index is 8.74. The summed E-state index contributed by atoms with van der Waals surface area (Å²) in [4.78, 5) is 0. The predicted molar refractivity (Wildman–Crippen MR) is 48.1 cm³/mol. The monoisotopic (exact) mass is 159 g/mol. The van der Waals surface area contributed by atoms with Gasteiger partial charge in [-0.25, -0.2) is 0 Å². The molecule has 11 heavy (non-hydrogen) atoms. The Balaban J connectivity index is 2.91. The average molecular weight is 159 g/mol. The van der Waals surface area contributed by atoms with Crippen molar-refractivity contribution in [2.75, 3.05) is 0 Å². The standard InChI is InChI=1S/C9H21NO/c1-8(2)6-4-3-5-7-9(10)11/h8-9,11H,3-7,10H2,1-2H3/t9-/m0/s1. The zero-order valence-electron chi connectivity index (χ0n) is 7.71. The summed E-state index contributed by atoms with van der Waals surface area (Å²) in [6.45, 7) is 4.47. The van der Waals surface area contributed by atoms with Crippen LogP contribution in [0.25, 0.3) is 0 Å². The third-order valence-corrected chi connectivity index (χ3v) is 1.78. The molecule has 0 aliphatic rings. The van der Waals surface area contributed by atoms with Crippen LogP contribution in [0.1, 0.15) is 46.0 Å². The van der Waals surface area contributed by atoms with Crippen LogP contribution in [0.3, 0.4) is 0 Å². The molecule has 0 heterocycles. The van der Waals surface area contributed by atoms with E-state index >= 15 is 0 Å². The molecule has 0 amide bonds. The van der Waals surface area contributed by atoms with Crippen LogP contribution < -0.4 is 5.73 Å². The largest absolute Gasteiger partial charge is 0.379 e. The summed E-state index contributed by atoms with van der Waals surface area (Å²) in [6.07, 6.45) is 4.97. The number of aliphatic hydroxyl groups excluding tert-OH is 1. The highest BCUT2D eigenvalue weighted by Gasteiger charge is 1.96. The van der Waals surface area contributed by atoms with E-state index in [1.807, 2.05) is 0 Å². The first-order valence-electron chi connectivity index (χ1n) is 4.56. The van der Waals surface area contributed by atoms with Crippen molar-refractivity contribution in [3.63, 3.8) is 0 Å². The number of nitrogens with two attached hydrogens (primary N) is 1. The molecule has 0 saturated carbocycles. The fraction of sp³-hybridized carbons (Fsp3) is 1.00. The van der Waals surface area contributed by atoms with Crippen molar-refractivity contribution in [2.24, 2.45) is 11.7 Å². The van der Waals surface area contributed by atoms with Crippen molar-refractivity contribution < 1.29 is 5.11 Å². The minimum absolute atomic E-state index is 0.603. The van der Waals surface area contributed by atoms with Crippen LogP contribution in [0, 0.1) is 5.92 Å².